The maximum absolute atomic E-state index is 4.61. The molecular formula is C11H15N3S. The molecule has 0 amide bonds. The molecule has 3 rings (SSSR count). The number of hydrogen-bond acceptors (Lipinski definition) is 3. The lowest BCUT2D eigenvalue weighted by Gasteiger charge is -2.22. The van der Waals surface area contributed by atoms with E-state index in [0.717, 1.165) is 11.4 Å². The van der Waals surface area contributed by atoms with Crippen LogP contribution in [0.3, 0.4) is 0 Å². The summed E-state index contributed by atoms with van der Waals surface area (Å²) in [5.41, 5.74) is 1.22. The highest BCUT2D eigenvalue weighted by molar-refractivity contribution is 7.15. The number of aromatic nitrogens is 2. The second kappa shape index (κ2) is 3.94. The summed E-state index contributed by atoms with van der Waals surface area (Å²) in [6.45, 7) is 1.17. The molecule has 1 atom stereocenters. The lowest BCUT2D eigenvalue weighted by atomic mass is 10.0. The van der Waals surface area contributed by atoms with Crippen molar-refractivity contribution in [1.29, 1.82) is 0 Å². The Morgan fingerprint density at radius 3 is 3.33 bits per heavy atom. The van der Waals surface area contributed by atoms with Gasteiger partial charge in [-0.1, -0.05) is 6.42 Å². The van der Waals surface area contributed by atoms with Crippen molar-refractivity contribution in [3.63, 3.8) is 0 Å². The fraction of sp³-hybridized carbons (Fsp3) is 0.545. The first-order valence-corrected chi connectivity index (χ1v) is 6.44. The quantitative estimate of drug-likeness (QED) is 0.841. The second-order valence-electron chi connectivity index (χ2n) is 4.18. The van der Waals surface area contributed by atoms with Gasteiger partial charge in [0.1, 0.15) is 0 Å². The van der Waals surface area contributed by atoms with E-state index in [4.69, 9.17) is 0 Å². The maximum atomic E-state index is 4.61. The van der Waals surface area contributed by atoms with Gasteiger partial charge >= 0.3 is 0 Å². The monoisotopic (exact) mass is 221 g/mol. The van der Waals surface area contributed by atoms with Crippen molar-refractivity contribution in [3.8, 4) is 0 Å². The van der Waals surface area contributed by atoms with Crippen molar-refractivity contribution in [3.05, 3.63) is 23.5 Å². The fourth-order valence-corrected chi connectivity index (χ4v) is 2.94. The lowest BCUT2D eigenvalue weighted by Crippen LogP contribution is -2.35. The highest BCUT2D eigenvalue weighted by atomic mass is 32.1. The van der Waals surface area contributed by atoms with E-state index in [1.54, 1.807) is 11.3 Å². The van der Waals surface area contributed by atoms with E-state index in [9.17, 15) is 0 Å². The molecule has 1 saturated heterocycles. The minimum Gasteiger partial charge on any atom is -0.314 e. The predicted molar refractivity (Wildman–Crippen MR) is 62.4 cm³/mol. The van der Waals surface area contributed by atoms with Gasteiger partial charge in [0.2, 0.25) is 0 Å². The highest BCUT2D eigenvalue weighted by Gasteiger charge is 2.14. The van der Waals surface area contributed by atoms with Crippen molar-refractivity contribution in [2.75, 3.05) is 6.54 Å². The molecule has 3 nitrogen and oxygen atoms in total. The van der Waals surface area contributed by atoms with Crippen LogP contribution in [-0.2, 0) is 6.42 Å². The minimum absolute atomic E-state index is 0.642. The van der Waals surface area contributed by atoms with Gasteiger partial charge in [-0.2, -0.15) is 0 Å². The molecule has 1 unspecified atom stereocenters. The van der Waals surface area contributed by atoms with Crippen molar-refractivity contribution in [1.82, 2.24) is 14.7 Å². The molecule has 0 radical (unpaired) electrons. The van der Waals surface area contributed by atoms with Gasteiger partial charge in [-0.3, -0.25) is 4.40 Å². The molecule has 2 aromatic heterocycles. The first-order valence-electron chi connectivity index (χ1n) is 5.56. The van der Waals surface area contributed by atoms with Crippen molar-refractivity contribution in [2.45, 2.75) is 31.7 Å². The third-order valence-electron chi connectivity index (χ3n) is 3.01. The van der Waals surface area contributed by atoms with Gasteiger partial charge in [0.25, 0.3) is 0 Å². The van der Waals surface area contributed by atoms with Crippen LogP contribution in [0.1, 0.15) is 25.0 Å². The van der Waals surface area contributed by atoms with Crippen LogP contribution < -0.4 is 5.32 Å². The Bertz CT molecular complexity index is 411. The van der Waals surface area contributed by atoms with Crippen LogP contribution in [0.5, 0.6) is 0 Å². The standard InChI is InChI=1S/C11H15N3S/c1-2-4-12-9(3-1)7-10-8-14-5-6-15-11(14)13-10/h5-6,8-9,12H,1-4,7H2. The maximum Gasteiger partial charge on any atom is 0.193 e. The number of thiazole rings is 1. The van der Waals surface area contributed by atoms with Crippen LogP contribution in [0.25, 0.3) is 4.96 Å². The number of nitrogens with zero attached hydrogens (tertiary/aromatic N) is 2. The van der Waals surface area contributed by atoms with Gasteiger partial charge in [0.15, 0.2) is 4.96 Å². The summed E-state index contributed by atoms with van der Waals surface area (Å²) in [5.74, 6) is 0. The molecule has 2 aromatic rings. The molecule has 0 aliphatic carbocycles. The molecule has 1 aliphatic rings. The summed E-state index contributed by atoms with van der Waals surface area (Å²) in [4.78, 5) is 5.72. The van der Waals surface area contributed by atoms with Gasteiger partial charge in [0, 0.05) is 30.2 Å². The predicted octanol–water partition coefficient (Wildman–Crippen LogP) is 2.08. The van der Waals surface area contributed by atoms with Crippen LogP contribution in [0.15, 0.2) is 17.8 Å². The Morgan fingerprint density at radius 1 is 1.53 bits per heavy atom. The Labute approximate surface area is 93.1 Å². The Morgan fingerprint density at radius 2 is 2.53 bits per heavy atom. The smallest absolute Gasteiger partial charge is 0.193 e. The molecular weight excluding hydrogens is 206 g/mol. The molecule has 0 aromatic carbocycles. The molecule has 4 heteroatoms. The van der Waals surface area contributed by atoms with Gasteiger partial charge in [0.05, 0.1) is 5.69 Å². The van der Waals surface area contributed by atoms with Crippen LogP contribution in [0, 0.1) is 0 Å². The SMILES string of the molecule is c1cn2cc(CC3CCCCN3)nc2s1. The van der Waals surface area contributed by atoms with Crippen LogP contribution in [-0.4, -0.2) is 22.0 Å². The molecule has 0 saturated carbocycles. The van der Waals surface area contributed by atoms with E-state index in [0.29, 0.717) is 6.04 Å². The van der Waals surface area contributed by atoms with Gasteiger partial charge in [-0.05, 0) is 19.4 Å². The second-order valence-corrected chi connectivity index (χ2v) is 5.05. The van der Waals surface area contributed by atoms with Crippen molar-refractivity contribution >= 4 is 16.3 Å². The molecule has 15 heavy (non-hydrogen) atoms. The van der Waals surface area contributed by atoms with Crippen molar-refractivity contribution < 1.29 is 0 Å². The zero-order valence-corrected chi connectivity index (χ0v) is 9.46. The number of rotatable bonds is 2. The number of hydrogen-bond donors (Lipinski definition) is 1. The number of imidazole rings is 1. The normalized spacial score (nSPS) is 22.3. The number of nitrogens with one attached hydrogen (secondary N) is 1. The third kappa shape index (κ3) is 1.92. The van der Waals surface area contributed by atoms with E-state index in [1.165, 1.54) is 31.5 Å². The van der Waals surface area contributed by atoms with E-state index in [-0.39, 0.29) is 0 Å². The summed E-state index contributed by atoms with van der Waals surface area (Å²) in [6.07, 6.45) is 9.29. The molecule has 1 N–H and O–H groups in total. The topological polar surface area (TPSA) is 29.3 Å². The zero-order valence-electron chi connectivity index (χ0n) is 8.65. The molecule has 3 heterocycles. The Kier molecular flexibility index (Phi) is 2.46. The average molecular weight is 221 g/mol. The summed E-state index contributed by atoms with van der Waals surface area (Å²) < 4.78 is 2.11. The summed E-state index contributed by atoms with van der Waals surface area (Å²) in [7, 11) is 0. The fourth-order valence-electron chi connectivity index (χ4n) is 2.23. The zero-order chi connectivity index (χ0) is 10.1. The van der Waals surface area contributed by atoms with E-state index in [1.807, 2.05) is 0 Å². The highest BCUT2D eigenvalue weighted by Crippen LogP contribution is 2.15. The summed E-state index contributed by atoms with van der Waals surface area (Å²) in [6, 6.07) is 0.642. The largest absolute Gasteiger partial charge is 0.314 e. The third-order valence-corrected chi connectivity index (χ3v) is 3.78. The van der Waals surface area contributed by atoms with Crippen LogP contribution in [0.4, 0.5) is 0 Å². The van der Waals surface area contributed by atoms with E-state index >= 15 is 0 Å². The minimum atomic E-state index is 0.642. The Balaban J connectivity index is 1.74. The number of fused-ring (bicyclic) bond motifs is 1. The molecule has 80 valence electrons. The molecule has 1 aliphatic heterocycles. The van der Waals surface area contributed by atoms with Crippen LogP contribution >= 0.6 is 11.3 Å². The van der Waals surface area contributed by atoms with Crippen molar-refractivity contribution in [2.24, 2.45) is 0 Å². The van der Waals surface area contributed by atoms with Gasteiger partial charge < -0.3 is 5.32 Å². The summed E-state index contributed by atoms with van der Waals surface area (Å²) >= 11 is 1.70. The van der Waals surface area contributed by atoms with E-state index in [2.05, 4.69) is 32.5 Å². The molecule has 0 spiro atoms. The van der Waals surface area contributed by atoms with E-state index < -0.39 is 0 Å². The summed E-state index contributed by atoms with van der Waals surface area (Å²) in [5, 5.41) is 5.63. The first-order chi connectivity index (χ1) is 7.42. The van der Waals surface area contributed by atoms with Crippen LogP contribution in [0.2, 0.25) is 0 Å². The van der Waals surface area contributed by atoms with Gasteiger partial charge in [-0.15, -0.1) is 11.3 Å². The lowest BCUT2D eigenvalue weighted by molar-refractivity contribution is 0.397. The Hall–Kier alpha value is -0.870. The number of piperidine rings is 1. The molecule has 0 bridgehead atoms. The molecule has 1 fully saturated rings. The average Bonchev–Trinajstić information content (AvgIpc) is 2.79. The first kappa shape index (κ1) is 9.36. The van der Waals surface area contributed by atoms with Gasteiger partial charge in [-0.25, -0.2) is 4.98 Å².